The van der Waals surface area contributed by atoms with E-state index >= 15 is 0 Å². The van der Waals surface area contributed by atoms with Crippen molar-refractivity contribution in [2.75, 3.05) is 13.7 Å². The molecule has 2 aliphatic rings. The zero-order valence-electron chi connectivity index (χ0n) is 11.1. The first-order chi connectivity index (χ1) is 7.73. The van der Waals surface area contributed by atoms with Gasteiger partial charge < -0.3 is 10.1 Å². The lowest BCUT2D eigenvalue weighted by molar-refractivity contribution is -0.167. The SMILES string of the molecule is COC(=O)[C@@]1(C)C[C@@]2(C)CNC(=O)[C@@](C)(C2)C1. The standard InChI is InChI=1S/C13H21NO3/c1-11-5-12(2,9(15)14-8-11)7-13(3,6-11)10(16)17-4/h5-8H2,1-4H3,(H,14,15)/t11-,12-,13-/m0/s1. The molecule has 1 saturated heterocycles. The normalized spacial score (nSPS) is 45.1. The van der Waals surface area contributed by atoms with Gasteiger partial charge in [0, 0.05) is 12.0 Å². The van der Waals surface area contributed by atoms with E-state index in [9.17, 15) is 9.59 Å². The molecule has 96 valence electrons. The van der Waals surface area contributed by atoms with Crippen LogP contribution in [0.5, 0.6) is 0 Å². The van der Waals surface area contributed by atoms with E-state index in [1.165, 1.54) is 7.11 Å². The van der Waals surface area contributed by atoms with Gasteiger partial charge in [0.1, 0.15) is 0 Å². The van der Waals surface area contributed by atoms with Gasteiger partial charge in [-0.1, -0.05) is 13.8 Å². The molecule has 2 bridgehead atoms. The molecule has 2 rings (SSSR count). The first-order valence-electron chi connectivity index (χ1n) is 6.10. The topological polar surface area (TPSA) is 55.4 Å². The van der Waals surface area contributed by atoms with Gasteiger partial charge in [-0.3, -0.25) is 9.59 Å². The van der Waals surface area contributed by atoms with Crippen molar-refractivity contribution in [3.63, 3.8) is 0 Å². The monoisotopic (exact) mass is 239 g/mol. The van der Waals surface area contributed by atoms with Crippen LogP contribution < -0.4 is 5.32 Å². The van der Waals surface area contributed by atoms with Gasteiger partial charge in [0.25, 0.3) is 0 Å². The number of hydrogen-bond acceptors (Lipinski definition) is 3. The molecule has 0 aromatic rings. The molecule has 17 heavy (non-hydrogen) atoms. The van der Waals surface area contributed by atoms with Crippen molar-refractivity contribution in [3.05, 3.63) is 0 Å². The summed E-state index contributed by atoms with van der Waals surface area (Å²) in [5, 5.41) is 2.97. The summed E-state index contributed by atoms with van der Waals surface area (Å²) in [6.45, 7) is 6.69. The fourth-order valence-corrected chi connectivity index (χ4v) is 4.12. The minimum Gasteiger partial charge on any atom is -0.469 e. The van der Waals surface area contributed by atoms with Crippen molar-refractivity contribution >= 4 is 11.9 Å². The van der Waals surface area contributed by atoms with Crippen LogP contribution in [0.3, 0.4) is 0 Å². The first kappa shape index (κ1) is 12.4. The lowest BCUT2D eigenvalue weighted by Gasteiger charge is -2.54. The molecule has 0 unspecified atom stereocenters. The minimum absolute atomic E-state index is 0.00382. The second kappa shape index (κ2) is 3.47. The summed E-state index contributed by atoms with van der Waals surface area (Å²) in [4.78, 5) is 24.0. The smallest absolute Gasteiger partial charge is 0.311 e. The zero-order chi connectivity index (χ0) is 12.9. The molecule has 1 saturated carbocycles. The number of rotatable bonds is 1. The van der Waals surface area contributed by atoms with Gasteiger partial charge >= 0.3 is 5.97 Å². The summed E-state index contributed by atoms with van der Waals surface area (Å²) in [7, 11) is 1.42. The molecule has 1 aliphatic heterocycles. The number of ether oxygens (including phenoxy) is 1. The Morgan fingerprint density at radius 2 is 1.88 bits per heavy atom. The Bertz CT molecular complexity index is 381. The predicted molar refractivity (Wildman–Crippen MR) is 63.2 cm³/mol. The summed E-state index contributed by atoms with van der Waals surface area (Å²) in [6, 6.07) is 0. The van der Waals surface area contributed by atoms with E-state index in [2.05, 4.69) is 12.2 Å². The van der Waals surface area contributed by atoms with E-state index in [1.54, 1.807) is 0 Å². The minimum atomic E-state index is -0.533. The third kappa shape index (κ3) is 1.83. The van der Waals surface area contributed by atoms with Gasteiger partial charge in [0.05, 0.1) is 12.5 Å². The molecule has 4 nitrogen and oxygen atoms in total. The fourth-order valence-electron chi connectivity index (χ4n) is 4.12. The van der Waals surface area contributed by atoms with Crippen LogP contribution in [0.4, 0.5) is 0 Å². The third-order valence-corrected chi connectivity index (χ3v) is 4.32. The van der Waals surface area contributed by atoms with E-state index < -0.39 is 10.8 Å². The van der Waals surface area contributed by atoms with Crippen molar-refractivity contribution in [2.45, 2.75) is 40.0 Å². The van der Waals surface area contributed by atoms with Crippen LogP contribution >= 0.6 is 0 Å². The average molecular weight is 239 g/mol. The van der Waals surface area contributed by atoms with Gasteiger partial charge in [-0.25, -0.2) is 0 Å². The number of carbonyl (C=O) groups excluding carboxylic acids is 2. The second-order valence-electron chi connectivity index (χ2n) is 6.64. The number of carbonyl (C=O) groups is 2. The number of nitrogens with one attached hydrogen (secondary N) is 1. The lowest BCUT2D eigenvalue weighted by Crippen LogP contribution is -2.60. The van der Waals surface area contributed by atoms with Crippen LogP contribution in [-0.2, 0) is 14.3 Å². The lowest BCUT2D eigenvalue weighted by atomic mass is 9.52. The van der Waals surface area contributed by atoms with Gasteiger partial charge in [-0.15, -0.1) is 0 Å². The predicted octanol–water partition coefficient (Wildman–Crippen LogP) is 1.49. The van der Waals surface area contributed by atoms with E-state index in [1.807, 2.05) is 13.8 Å². The molecule has 0 radical (unpaired) electrons. The molecular formula is C13H21NO3. The average Bonchev–Trinajstić information content (AvgIpc) is 2.21. The Morgan fingerprint density at radius 3 is 2.47 bits per heavy atom. The van der Waals surface area contributed by atoms with E-state index in [-0.39, 0.29) is 17.3 Å². The number of methoxy groups -OCH3 is 1. The van der Waals surface area contributed by atoms with Gasteiger partial charge in [0.2, 0.25) is 5.91 Å². The highest BCUT2D eigenvalue weighted by atomic mass is 16.5. The molecule has 0 aromatic carbocycles. The summed E-state index contributed by atoms with van der Waals surface area (Å²) in [5.41, 5.74) is -0.966. The van der Waals surface area contributed by atoms with Crippen molar-refractivity contribution in [1.82, 2.24) is 5.32 Å². The summed E-state index contributed by atoms with van der Waals surface area (Å²) >= 11 is 0. The molecular weight excluding hydrogens is 218 g/mol. The van der Waals surface area contributed by atoms with Crippen LogP contribution in [0, 0.1) is 16.2 Å². The van der Waals surface area contributed by atoms with Crippen molar-refractivity contribution in [2.24, 2.45) is 16.2 Å². The van der Waals surface area contributed by atoms with Crippen molar-refractivity contribution < 1.29 is 14.3 Å². The van der Waals surface area contributed by atoms with Crippen LogP contribution in [0.25, 0.3) is 0 Å². The summed E-state index contributed by atoms with van der Waals surface area (Å²) in [5.74, 6) is -0.117. The van der Waals surface area contributed by atoms with Gasteiger partial charge in [-0.2, -0.15) is 0 Å². The highest BCUT2D eigenvalue weighted by Crippen LogP contribution is 2.56. The number of hydrogen-bond donors (Lipinski definition) is 1. The first-order valence-corrected chi connectivity index (χ1v) is 6.10. The van der Waals surface area contributed by atoms with Crippen molar-refractivity contribution in [1.29, 1.82) is 0 Å². The summed E-state index contributed by atoms with van der Waals surface area (Å²) < 4.78 is 4.91. The van der Waals surface area contributed by atoms with Crippen LogP contribution in [0.2, 0.25) is 0 Å². The number of amides is 1. The number of piperidine rings is 1. The highest BCUT2D eigenvalue weighted by Gasteiger charge is 2.57. The maximum atomic E-state index is 12.0. The highest BCUT2D eigenvalue weighted by molar-refractivity contribution is 5.86. The largest absolute Gasteiger partial charge is 0.469 e. The summed E-state index contributed by atoms with van der Waals surface area (Å²) in [6.07, 6.45) is 2.22. The fraction of sp³-hybridized carbons (Fsp3) is 0.846. The number of esters is 1. The molecule has 1 aliphatic carbocycles. The molecule has 1 heterocycles. The molecule has 1 N–H and O–H groups in total. The second-order valence-corrected chi connectivity index (χ2v) is 6.64. The zero-order valence-corrected chi connectivity index (χ0v) is 11.1. The molecule has 4 heteroatoms. The Morgan fingerprint density at radius 1 is 1.24 bits per heavy atom. The van der Waals surface area contributed by atoms with Crippen LogP contribution in [-0.4, -0.2) is 25.5 Å². The van der Waals surface area contributed by atoms with Gasteiger partial charge in [-0.05, 0) is 31.6 Å². The quantitative estimate of drug-likeness (QED) is 0.705. The van der Waals surface area contributed by atoms with E-state index in [4.69, 9.17) is 4.74 Å². The van der Waals surface area contributed by atoms with Crippen LogP contribution in [0.15, 0.2) is 0 Å². The third-order valence-electron chi connectivity index (χ3n) is 4.32. The molecule has 0 spiro atoms. The Labute approximate surface area is 102 Å². The molecule has 3 atom stereocenters. The Balaban J connectivity index is 2.37. The molecule has 0 aromatic heterocycles. The maximum absolute atomic E-state index is 12.0. The molecule has 2 fully saturated rings. The van der Waals surface area contributed by atoms with Crippen LogP contribution in [0.1, 0.15) is 40.0 Å². The Hall–Kier alpha value is -1.06. The van der Waals surface area contributed by atoms with Crippen molar-refractivity contribution in [3.8, 4) is 0 Å². The Kier molecular flexibility index (Phi) is 2.53. The van der Waals surface area contributed by atoms with E-state index in [0.29, 0.717) is 13.0 Å². The van der Waals surface area contributed by atoms with Gasteiger partial charge in [0.15, 0.2) is 0 Å². The number of fused-ring (bicyclic) bond motifs is 2. The molecule has 1 amide bonds. The maximum Gasteiger partial charge on any atom is 0.311 e. The van der Waals surface area contributed by atoms with E-state index in [0.717, 1.165) is 12.8 Å².